The summed E-state index contributed by atoms with van der Waals surface area (Å²) in [5.41, 5.74) is 1.33. The fraction of sp³-hybridized carbons (Fsp3) is 0.625. The number of quaternary nitrogens is 1. The molecule has 1 aliphatic carbocycles. The van der Waals surface area contributed by atoms with Crippen molar-refractivity contribution in [3.63, 3.8) is 0 Å². The maximum Gasteiger partial charge on any atom is 0.122 e. The van der Waals surface area contributed by atoms with Gasteiger partial charge in [-0.1, -0.05) is 31.5 Å². The standard InChI is InChI=1S/C16H25NO/c1-13-6-5-8-15(12-13)17-11-10-14-7-3-4-9-16(14)18-2/h3-4,7,9,13,15,17H,5-6,8,10-12H2,1-2H3/p+1/t13-,15-/m0/s1. The van der Waals surface area contributed by atoms with Crippen molar-refractivity contribution in [2.45, 2.75) is 45.1 Å². The van der Waals surface area contributed by atoms with E-state index in [2.05, 4.69) is 30.4 Å². The van der Waals surface area contributed by atoms with E-state index in [-0.39, 0.29) is 0 Å². The van der Waals surface area contributed by atoms with Crippen LogP contribution < -0.4 is 10.1 Å². The topological polar surface area (TPSA) is 25.8 Å². The Labute approximate surface area is 111 Å². The highest BCUT2D eigenvalue weighted by Crippen LogP contribution is 2.21. The van der Waals surface area contributed by atoms with Gasteiger partial charge < -0.3 is 10.1 Å². The summed E-state index contributed by atoms with van der Waals surface area (Å²) in [4.78, 5) is 0. The van der Waals surface area contributed by atoms with Gasteiger partial charge in [0.1, 0.15) is 5.75 Å². The quantitative estimate of drug-likeness (QED) is 0.850. The van der Waals surface area contributed by atoms with Crippen LogP contribution in [0.3, 0.4) is 0 Å². The zero-order valence-corrected chi connectivity index (χ0v) is 11.7. The van der Waals surface area contributed by atoms with Gasteiger partial charge in [-0.3, -0.25) is 0 Å². The highest BCUT2D eigenvalue weighted by Gasteiger charge is 2.20. The summed E-state index contributed by atoms with van der Waals surface area (Å²) < 4.78 is 5.39. The average Bonchev–Trinajstić information content (AvgIpc) is 2.39. The number of rotatable bonds is 5. The van der Waals surface area contributed by atoms with Crippen LogP contribution in [0.1, 0.15) is 38.2 Å². The predicted octanol–water partition coefficient (Wildman–Crippen LogP) is 2.38. The Morgan fingerprint density at radius 1 is 1.28 bits per heavy atom. The fourth-order valence-corrected chi connectivity index (χ4v) is 3.08. The molecule has 0 heterocycles. The summed E-state index contributed by atoms with van der Waals surface area (Å²) in [5.74, 6) is 1.95. The smallest absolute Gasteiger partial charge is 0.122 e. The second-order valence-electron chi connectivity index (χ2n) is 5.62. The van der Waals surface area contributed by atoms with Crippen molar-refractivity contribution in [1.29, 1.82) is 0 Å². The SMILES string of the molecule is COc1ccccc1CC[NH2+][C@H]1CCC[C@H](C)C1. The van der Waals surface area contributed by atoms with Gasteiger partial charge in [-0.2, -0.15) is 0 Å². The molecule has 0 bridgehead atoms. The summed E-state index contributed by atoms with van der Waals surface area (Å²) in [7, 11) is 1.76. The number of benzene rings is 1. The molecule has 2 atom stereocenters. The molecule has 2 heteroatoms. The zero-order chi connectivity index (χ0) is 12.8. The summed E-state index contributed by atoms with van der Waals surface area (Å²) in [6.45, 7) is 3.57. The van der Waals surface area contributed by atoms with Crippen molar-refractivity contribution in [2.24, 2.45) is 5.92 Å². The number of hydrogen-bond acceptors (Lipinski definition) is 1. The van der Waals surface area contributed by atoms with E-state index in [1.807, 2.05) is 6.07 Å². The van der Waals surface area contributed by atoms with Crippen LogP contribution in [0.15, 0.2) is 24.3 Å². The van der Waals surface area contributed by atoms with Crippen LogP contribution in [0.25, 0.3) is 0 Å². The summed E-state index contributed by atoms with van der Waals surface area (Å²) in [6.07, 6.45) is 6.74. The van der Waals surface area contributed by atoms with E-state index in [1.54, 1.807) is 7.11 Å². The van der Waals surface area contributed by atoms with E-state index in [1.165, 1.54) is 37.8 Å². The Kier molecular flexibility index (Phi) is 5.06. The first kappa shape index (κ1) is 13.4. The predicted molar refractivity (Wildman–Crippen MR) is 74.9 cm³/mol. The van der Waals surface area contributed by atoms with E-state index in [9.17, 15) is 0 Å². The van der Waals surface area contributed by atoms with Gasteiger partial charge in [0.2, 0.25) is 0 Å². The van der Waals surface area contributed by atoms with Crippen molar-refractivity contribution >= 4 is 0 Å². The van der Waals surface area contributed by atoms with Gasteiger partial charge in [0, 0.05) is 12.8 Å². The van der Waals surface area contributed by atoms with Gasteiger partial charge in [-0.15, -0.1) is 0 Å². The first-order valence-electron chi connectivity index (χ1n) is 7.25. The number of ether oxygens (including phenoxy) is 1. The van der Waals surface area contributed by atoms with Crippen LogP contribution in [0.4, 0.5) is 0 Å². The van der Waals surface area contributed by atoms with Gasteiger partial charge in [0.05, 0.1) is 19.7 Å². The molecule has 1 aromatic rings. The Morgan fingerprint density at radius 3 is 2.89 bits per heavy atom. The Balaban J connectivity index is 1.77. The van der Waals surface area contributed by atoms with Gasteiger partial charge in [-0.25, -0.2) is 0 Å². The van der Waals surface area contributed by atoms with Crippen LogP contribution in [-0.2, 0) is 6.42 Å². The second-order valence-corrected chi connectivity index (χ2v) is 5.62. The van der Waals surface area contributed by atoms with Crippen molar-refractivity contribution in [2.75, 3.05) is 13.7 Å². The fourth-order valence-electron chi connectivity index (χ4n) is 3.08. The Bertz CT molecular complexity index is 364. The van der Waals surface area contributed by atoms with Crippen molar-refractivity contribution in [3.8, 4) is 5.75 Å². The summed E-state index contributed by atoms with van der Waals surface area (Å²) in [5, 5.41) is 2.54. The monoisotopic (exact) mass is 248 g/mol. The second kappa shape index (κ2) is 6.79. The van der Waals surface area contributed by atoms with E-state index >= 15 is 0 Å². The average molecular weight is 248 g/mol. The Morgan fingerprint density at radius 2 is 2.11 bits per heavy atom. The lowest BCUT2D eigenvalue weighted by Crippen LogP contribution is -2.90. The van der Waals surface area contributed by atoms with E-state index in [0.717, 1.165) is 24.1 Å². The molecule has 0 amide bonds. The molecule has 2 nitrogen and oxygen atoms in total. The third kappa shape index (κ3) is 3.74. The normalized spacial score (nSPS) is 23.9. The molecule has 0 radical (unpaired) electrons. The Hall–Kier alpha value is -1.02. The molecule has 1 aromatic carbocycles. The summed E-state index contributed by atoms with van der Waals surface area (Å²) >= 11 is 0. The lowest BCUT2D eigenvalue weighted by molar-refractivity contribution is -0.692. The highest BCUT2D eigenvalue weighted by molar-refractivity contribution is 5.33. The molecule has 1 fully saturated rings. The number of nitrogens with two attached hydrogens (primary N) is 1. The highest BCUT2D eigenvalue weighted by atomic mass is 16.5. The molecule has 100 valence electrons. The van der Waals surface area contributed by atoms with Crippen LogP contribution in [0.2, 0.25) is 0 Å². The van der Waals surface area contributed by atoms with Crippen LogP contribution >= 0.6 is 0 Å². The lowest BCUT2D eigenvalue weighted by atomic mass is 9.87. The van der Waals surface area contributed by atoms with E-state index in [4.69, 9.17) is 4.74 Å². The number of hydrogen-bond donors (Lipinski definition) is 1. The first-order chi connectivity index (χ1) is 8.79. The van der Waals surface area contributed by atoms with Gasteiger partial charge in [0.15, 0.2) is 0 Å². The van der Waals surface area contributed by atoms with E-state index < -0.39 is 0 Å². The molecule has 2 N–H and O–H groups in total. The number of para-hydroxylation sites is 1. The van der Waals surface area contributed by atoms with E-state index in [0.29, 0.717) is 0 Å². The molecule has 0 aromatic heterocycles. The molecule has 1 aliphatic rings. The zero-order valence-electron chi connectivity index (χ0n) is 11.7. The van der Waals surface area contributed by atoms with Crippen molar-refractivity contribution in [1.82, 2.24) is 0 Å². The molecule has 0 spiro atoms. The maximum absolute atomic E-state index is 5.39. The maximum atomic E-state index is 5.39. The molecule has 0 aliphatic heterocycles. The minimum Gasteiger partial charge on any atom is -0.496 e. The minimum atomic E-state index is 0.850. The first-order valence-corrected chi connectivity index (χ1v) is 7.25. The largest absolute Gasteiger partial charge is 0.496 e. The molecule has 18 heavy (non-hydrogen) atoms. The van der Waals surface area contributed by atoms with Crippen LogP contribution in [0, 0.1) is 5.92 Å². The third-order valence-corrected chi connectivity index (χ3v) is 4.08. The van der Waals surface area contributed by atoms with Crippen molar-refractivity contribution < 1.29 is 10.1 Å². The van der Waals surface area contributed by atoms with Crippen molar-refractivity contribution in [3.05, 3.63) is 29.8 Å². The molecular formula is C16H26NO+. The number of methoxy groups -OCH3 is 1. The minimum absolute atomic E-state index is 0.850. The van der Waals surface area contributed by atoms with Crippen LogP contribution in [-0.4, -0.2) is 19.7 Å². The molecule has 0 saturated heterocycles. The van der Waals surface area contributed by atoms with Gasteiger partial charge >= 0.3 is 0 Å². The van der Waals surface area contributed by atoms with Crippen LogP contribution in [0.5, 0.6) is 5.75 Å². The van der Waals surface area contributed by atoms with Gasteiger partial charge in [-0.05, 0) is 30.4 Å². The lowest BCUT2D eigenvalue weighted by Gasteiger charge is -2.25. The summed E-state index contributed by atoms with van der Waals surface area (Å²) in [6, 6.07) is 9.22. The molecule has 2 rings (SSSR count). The molecule has 1 saturated carbocycles. The third-order valence-electron chi connectivity index (χ3n) is 4.08. The van der Waals surface area contributed by atoms with Gasteiger partial charge in [0.25, 0.3) is 0 Å². The molecule has 0 unspecified atom stereocenters. The molecular weight excluding hydrogens is 222 g/mol.